The maximum atomic E-state index is 12.5. The van der Waals surface area contributed by atoms with Crippen LogP contribution in [0.15, 0.2) is 24.3 Å². The lowest BCUT2D eigenvalue weighted by atomic mass is 10.0. The van der Waals surface area contributed by atoms with E-state index in [2.05, 4.69) is 0 Å². The summed E-state index contributed by atoms with van der Waals surface area (Å²) < 4.78 is 10.3. The van der Waals surface area contributed by atoms with E-state index in [1.807, 2.05) is 29.2 Å². The third kappa shape index (κ3) is 2.73. The predicted molar refractivity (Wildman–Crippen MR) is 75.8 cm³/mol. The highest BCUT2D eigenvalue weighted by atomic mass is 16.6. The largest absolute Gasteiger partial charge is 0.497 e. The summed E-state index contributed by atoms with van der Waals surface area (Å²) in [7, 11) is 1.63. The van der Waals surface area contributed by atoms with Gasteiger partial charge in [-0.2, -0.15) is 0 Å². The van der Waals surface area contributed by atoms with Crippen LogP contribution < -0.4 is 4.74 Å². The molecule has 21 heavy (non-hydrogen) atoms. The van der Waals surface area contributed by atoms with Gasteiger partial charge in [0.05, 0.1) is 13.2 Å². The van der Waals surface area contributed by atoms with Crippen LogP contribution in [0.1, 0.15) is 37.3 Å². The topological polar surface area (TPSA) is 55.8 Å². The van der Waals surface area contributed by atoms with Gasteiger partial charge in [-0.15, -0.1) is 0 Å². The Morgan fingerprint density at radius 3 is 2.67 bits per heavy atom. The smallest absolute Gasteiger partial charge is 0.306 e. The maximum absolute atomic E-state index is 12.5. The van der Waals surface area contributed by atoms with Crippen LogP contribution >= 0.6 is 0 Å². The summed E-state index contributed by atoms with van der Waals surface area (Å²) in [6.45, 7) is 0.726. The van der Waals surface area contributed by atoms with E-state index in [4.69, 9.17) is 9.47 Å². The molecule has 5 nitrogen and oxygen atoms in total. The monoisotopic (exact) mass is 289 g/mol. The number of hydrogen-bond donors (Lipinski definition) is 0. The molecule has 5 heteroatoms. The highest BCUT2D eigenvalue weighted by Crippen LogP contribution is 2.34. The molecule has 2 aliphatic rings. The molecule has 2 atom stereocenters. The van der Waals surface area contributed by atoms with Gasteiger partial charge in [0.25, 0.3) is 5.91 Å². The van der Waals surface area contributed by atoms with Gasteiger partial charge in [-0.1, -0.05) is 12.1 Å². The Bertz CT molecular complexity index is 540. The normalized spacial score (nSPS) is 25.0. The SMILES string of the molecule is COc1ccc([C@@H]2CCCN2C(=O)[C@@H]2CCC(=O)O2)cc1. The van der Waals surface area contributed by atoms with Crippen molar-refractivity contribution in [3.63, 3.8) is 0 Å². The summed E-state index contributed by atoms with van der Waals surface area (Å²) in [6.07, 6.45) is 2.18. The number of ether oxygens (including phenoxy) is 2. The first-order valence-electron chi connectivity index (χ1n) is 7.33. The first-order chi connectivity index (χ1) is 10.2. The van der Waals surface area contributed by atoms with Gasteiger partial charge in [-0.05, 0) is 30.5 Å². The zero-order valence-corrected chi connectivity index (χ0v) is 12.1. The Kier molecular flexibility index (Phi) is 3.82. The minimum atomic E-state index is -0.587. The first kappa shape index (κ1) is 13.9. The molecule has 1 aromatic rings. The average molecular weight is 289 g/mol. The van der Waals surface area contributed by atoms with Gasteiger partial charge in [0.2, 0.25) is 0 Å². The van der Waals surface area contributed by atoms with E-state index in [1.54, 1.807) is 7.11 Å². The van der Waals surface area contributed by atoms with Crippen molar-refractivity contribution in [3.8, 4) is 5.75 Å². The van der Waals surface area contributed by atoms with E-state index in [1.165, 1.54) is 0 Å². The number of esters is 1. The summed E-state index contributed by atoms with van der Waals surface area (Å²) in [5, 5.41) is 0. The molecule has 1 aromatic carbocycles. The molecule has 2 heterocycles. The number of carbonyl (C=O) groups excluding carboxylic acids is 2. The van der Waals surface area contributed by atoms with E-state index >= 15 is 0 Å². The molecule has 112 valence electrons. The van der Waals surface area contributed by atoms with E-state index in [0.29, 0.717) is 12.8 Å². The molecule has 0 aromatic heterocycles. The van der Waals surface area contributed by atoms with Crippen LogP contribution in [0.5, 0.6) is 5.75 Å². The maximum Gasteiger partial charge on any atom is 0.306 e. The standard InChI is InChI=1S/C16H19NO4/c1-20-12-6-4-11(5-7-12)13-3-2-10-17(13)16(19)14-8-9-15(18)21-14/h4-7,13-14H,2-3,8-10H2,1H3/t13-,14-/m0/s1. The fraction of sp³-hybridized carbons (Fsp3) is 0.500. The van der Waals surface area contributed by atoms with Crippen molar-refractivity contribution < 1.29 is 19.1 Å². The first-order valence-corrected chi connectivity index (χ1v) is 7.33. The highest BCUT2D eigenvalue weighted by molar-refractivity contribution is 5.87. The molecule has 3 rings (SSSR count). The second-order valence-electron chi connectivity index (χ2n) is 5.48. The van der Waals surface area contributed by atoms with Crippen LogP contribution in [0.2, 0.25) is 0 Å². The number of amides is 1. The highest BCUT2D eigenvalue weighted by Gasteiger charge is 2.38. The van der Waals surface area contributed by atoms with Crippen molar-refractivity contribution in [2.75, 3.05) is 13.7 Å². The fourth-order valence-electron chi connectivity index (χ4n) is 3.09. The molecule has 0 radical (unpaired) electrons. The van der Waals surface area contributed by atoms with E-state index in [0.717, 1.165) is 30.7 Å². The Balaban J connectivity index is 1.75. The molecule has 0 bridgehead atoms. The Morgan fingerprint density at radius 1 is 1.29 bits per heavy atom. The minimum Gasteiger partial charge on any atom is -0.497 e. The summed E-state index contributed by atoms with van der Waals surface area (Å²) >= 11 is 0. The van der Waals surface area contributed by atoms with Crippen LogP contribution in [0.25, 0.3) is 0 Å². The predicted octanol–water partition coefficient (Wildman–Crippen LogP) is 2.06. The molecule has 0 spiro atoms. The van der Waals surface area contributed by atoms with Gasteiger partial charge in [0, 0.05) is 19.4 Å². The van der Waals surface area contributed by atoms with Crippen LogP contribution in [0, 0.1) is 0 Å². The fourth-order valence-corrected chi connectivity index (χ4v) is 3.09. The van der Waals surface area contributed by atoms with E-state index < -0.39 is 6.10 Å². The third-order valence-electron chi connectivity index (χ3n) is 4.20. The molecule has 2 saturated heterocycles. The van der Waals surface area contributed by atoms with Gasteiger partial charge in [0.1, 0.15) is 5.75 Å². The lowest BCUT2D eigenvalue weighted by molar-refractivity contribution is -0.153. The number of rotatable bonds is 3. The minimum absolute atomic E-state index is 0.0563. The zero-order valence-electron chi connectivity index (χ0n) is 12.1. The molecule has 2 fully saturated rings. The molecule has 1 amide bonds. The van der Waals surface area contributed by atoms with Crippen LogP contribution in [-0.2, 0) is 14.3 Å². The van der Waals surface area contributed by atoms with Crippen molar-refractivity contribution in [1.82, 2.24) is 4.90 Å². The van der Waals surface area contributed by atoms with Crippen LogP contribution in [0.4, 0.5) is 0 Å². The molecular formula is C16H19NO4. The molecule has 0 unspecified atom stereocenters. The van der Waals surface area contributed by atoms with Gasteiger partial charge in [-0.3, -0.25) is 9.59 Å². The van der Waals surface area contributed by atoms with Crippen LogP contribution in [0.3, 0.4) is 0 Å². The lowest BCUT2D eigenvalue weighted by Crippen LogP contribution is -2.38. The third-order valence-corrected chi connectivity index (χ3v) is 4.20. The van der Waals surface area contributed by atoms with Gasteiger partial charge < -0.3 is 14.4 Å². The number of nitrogens with zero attached hydrogens (tertiary/aromatic N) is 1. The summed E-state index contributed by atoms with van der Waals surface area (Å²) in [5.41, 5.74) is 1.10. The second kappa shape index (κ2) is 5.76. The van der Waals surface area contributed by atoms with E-state index in [9.17, 15) is 9.59 Å². The van der Waals surface area contributed by atoms with Crippen molar-refractivity contribution >= 4 is 11.9 Å². The number of benzene rings is 1. The zero-order chi connectivity index (χ0) is 14.8. The molecular weight excluding hydrogens is 270 g/mol. The van der Waals surface area contributed by atoms with E-state index in [-0.39, 0.29) is 17.9 Å². The molecule has 2 aliphatic heterocycles. The molecule has 0 aliphatic carbocycles. The second-order valence-corrected chi connectivity index (χ2v) is 5.48. The van der Waals surface area contributed by atoms with Gasteiger partial charge in [0.15, 0.2) is 6.10 Å². The number of methoxy groups -OCH3 is 1. The Morgan fingerprint density at radius 2 is 2.05 bits per heavy atom. The van der Waals surface area contributed by atoms with Crippen molar-refractivity contribution in [1.29, 1.82) is 0 Å². The Labute approximate surface area is 123 Å². The Hall–Kier alpha value is -2.04. The van der Waals surface area contributed by atoms with Crippen molar-refractivity contribution in [2.45, 2.75) is 37.8 Å². The number of hydrogen-bond acceptors (Lipinski definition) is 4. The summed E-state index contributed by atoms with van der Waals surface area (Å²) in [6, 6.07) is 7.88. The summed E-state index contributed by atoms with van der Waals surface area (Å²) in [5.74, 6) is 0.479. The molecule has 0 saturated carbocycles. The number of likely N-dealkylation sites (tertiary alicyclic amines) is 1. The number of carbonyl (C=O) groups is 2. The van der Waals surface area contributed by atoms with Gasteiger partial charge >= 0.3 is 5.97 Å². The average Bonchev–Trinajstić information content (AvgIpc) is 3.15. The van der Waals surface area contributed by atoms with Gasteiger partial charge in [-0.25, -0.2) is 0 Å². The van der Waals surface area contributed by atoms with Crippen LogP contribution in [-0.4, -0.2) is 36.5 Å². The molecule has 0 N–H and O–H groups in total. The lowest BCUT2D eigenvalue weighted by Gasteiger charge is -2.27. The quantitative estimate of drug-likeness (QED) is 0.799. The van der Waals surface area contributed by atoms with Crippen molar-refractivity contribution in [3.05, 3.63) is 29.8 Å². The summed E-state index contributed by atoms with van der Waals surface area (Å²) in [4.78, 5) is 25.6. The number of cyclic esters (lactones) is 1. The van der Waals surface area contributed by atoms with Crippen molar-refractivity contribution in [2.24, 2.45) is 0 Å².